The van der Waals surface area contributed by atoms with Crippen LogP contribution >= 0.6 is 11.6 Å². The molecule has 1 atom stereocenters. The Hall–Kier alpha value is -1.87. The first-order chi connectivity index (χ1) is 9.16. The number of nitrogens with zero attached hydrogens (tertiary/aromatic N) is 2. The van der Waals surface area contributed by atoms with E-state index in [1.54, 1.807) is 29.4 Å². The number of carbonyl (C=O) groups excluding carboxylic acids is 1. The number of halogens is 1. The highest BCUT2D eigenvalue weighted by Crippen LogP contribution is 2.32. The zero-order valence-electron chi connectivity index (χ0n) is 10.5. The minimum atomic E-state index is 0.0118. The molecule has 0 aliphatic carbocycles. The van der Waals surface area contributed by atoms with Gasteiger partial charge in [-0.1, -0.05) is 18.5 Å². The van der Waals surface area contributed by atoms with Crippen LogP contribution in [-0.2, 0) is 0 Å². The van der Waals surface area contributed by atoms with E-state index >= 15 is 0 Å². The largest absolute Gasteiger partial charge is 0.306 e. The molecule has 0 saturated heterocycles. The lowest BCUT2D eigenvalue weighted by atomic mass is 9.90. The summed E-state index contributed by atoms with van der Waals surface area (Å²) in [5.74, 6) is 0.268. The summed E-state index contributed by atoms with van der Waals surface area (Å²) in [4.78, 5) is 18.4. The maximum absolute atomic E-state index is 12.5. The fourth-order valence-electron chi connectivity index (χ4n) is 2.47. The van der Waals surface area contributed by atoms with Crippen LogP contribution in [0.25, 0.3) is 0 Å². The van der Waals surface area contributed by atoms with Crippen LogP contribution in [0, 0.1) is 0 Å². The Labute approximate surface area is 116 Å². The molecule has 0 saturated carbocycles. The van der Waals surface area contributed by atoms with Gasteiger partial charge in [0.15, 0.2) is 0 Å². The molecule has 2 aromatic rings. The zero-order chi connectivity index (χ0) is 13.4. The fourth-order valence-corrected chi connectivity index (χ4v) is 2.65. The average Bonchev–Trinajstić information content (AvgIpc) is 2.43. The third-order valence-electron chi connectivity index (χ3n) is 3.43. The van der Waals surface area contributed by atoms with Gasteiger partial charge in [0.25, 0.3) is 5.91 Å². The summed E-state index contributed by atoms with van der Waals surface area (Å²) in [6, 6.07) is 9.19. The van der Waals surface area contributed by atoms with E-state index in [1.807, 2.05) is 18.2 Å². The molecule has 0 bridgehead atoms. The molecule has 3 nitrogen and oxygen atoms in total. The van der Waals surface area contributed by atoms with Crippen molar-refractivity contribution < 1.29 is 4.79 Å². The van der Waals surface area contributed by atoms with Crippen LogP contribution in [-0.4, -0.2) is 17.4 Å². The molecule has 0 fully saturated rings. The van der Waals surface area contributed by atoms with Gasteiger partial charge in [-0.3, -0.25) is 9.78 Å². The molecule has 1 amide bonds. The van der Waals surface area contributed by atoms with Gasteiger partial charge in [0.05, 0.1) is 11.9 Å². The van der Waals surface area contributed by atoms with Crippen LogP contribution in [0.3, 0.4) is 0 Å². The standard InChI is InChI=1S/C15H13ClN2O/c1-10-9-18(12-3-2-6-17-8-12)15(19)13-5-4-11(16)7-14(10)13/h2-8,10H,9H2,1H3. The number of amides is 1. The molecule has 1 aliphatic heterocycles. The molecule has 3 rings (SSSR count). The van der Waals surface area contributed by atoms with E-state index in [4.69, 9.17) is 11.6 Å². The molecule has 4 heteroatoms. The Morgan fingerprint density at radius 3 is 2.95 bits per heavy atom. The highest BCUT2D eigenvalue weighted by Gasteiger charge is 2.29. The topological polar surface area (TPSA) is 33.2 Å². The number of fused-ring (bicyclic) bond motifs is 1. The molecule has 1 aromatic heterocycles. The second kappa shape index (κ2) is 4.67. The number of pyridine rings is 1. The van der Waals surface area contributed by atoms with Crippen molar-refractivity contribution in [1.29, 1.82) is 0 Å². The van der Waals surface area contributed by atoms with E-state index in [-0.39, 0.29) is 11.8 Å². The van der Waals surface area contributed by atoms with Gasteiger partial charge < -0.3 is 4.90 Å². The predicted molar refractivity (Wildman–Crippen MR) is 75.8 cm³/mol. The van der Waals surface area contributed by atoms with E-state index in [1.165, 1.54) is 0 Å². The van der Waals surface area contributed by atoms with Crippen LogP contribution in [0.4, 0.5) is 5.69 Å². The highest BCUT2D eigenvalue weighted by atomic mass is 35.5. The Bertz CT molecular complexity index is 627. The summed E-state index contributed by atoms with van der Waals surface area (Å²) in [5, 5.41) is 0.674. The van der Waals surface area contributed by atoms with Gasteiger partial charge >= 0.3 is 0 Å². The normalized spacial score (nSPS) is 18.3. The van der Waals surface area contributed by atoms with Gasteiger partial charge in [-0.2, -0.15) is 0 Å². The Morgan fingerprint density at radius 2 is 2.21 bits per heavy atom. The lowest BCUT2D eigenvalue weighted by Gasteiger charge is -2.32. The van der Waals surface area contributed by atoms with Crippen LogP contribution in [0.1, 0.15) is 28.8 Å². The maximum Gasteiger partial charge on any atom is 0.258 e. The van der Waals surface area contributed by atoms with Crippen molar-refractivity contribution in [2.45, 2.75) is 12.8 Å². The predicted octanol–water partition coefficient (Wildman–Crippen LogP) is 3.50. The number of hydrogen-bond donors (Lipinski definition) is 0. The van der Waals surface area contributed by atoms with E-state index in [9.17, 15) is 4.79 Å². The minimum Gasteiger partial charge on any atom is -0.306 e. The smallest absolute Gasteiger partial charge is 0.258 e. The molecule has 96 valence electrons. The number of anilines is 1. The molecule has 1 unspecified atom stereocenters. The number of hydrogen-bond acceptors (Lipinski definition) is 2. The molecule has 0 spiro atoms. The zero-order valence-corrected chi connectivity index (χ0v) is 11.3. The van der Waals surface area contributed by atoms with Crippen molar-refractivity contribution >= 4 is 23.2 Å². The van der Waals surface area contributed by atoms with Gasteiger partial charge in [0.1, 0.15) is 0 Å². The minimum absolute atomic E-state index is 0.0118. The van der Waals surface area contributed by atoms with Crippen molar-refractivity contribution in [3.63, 3.8) is 0 Å². The van der Waals surface area contributed by atoms with Gasteiger partial charge in [-0.05, 0) is 41.8 Å². The van der Waals surface area contributed by atoms with E-state index < -0.39 is 0 Å². The summed E-state index contributed by atoms with van der Waals surface area (Å²) in [7, 11) is 0. The molecule has 2 heterocycles. The van der Waals surface area contributed by atoms with Gasteiger partial charge in [-0.15, -0.1) is 0 Å². The monoisotopic (exact) mass is 272 g/mol. The fraction of sp³-hybridized carbons (Fsp3) is 0.200. The quantitative estimate of drug-likeness (QED) is 0.796. The highest BCUT2D eigenvalue weighted by molar-refractivity contribution is 6.30. The van der Waals surface area contributed by atoms with Crippen LogP contribution in [0.2, 0.25) is 5.02 Å². The summed E-state index contributed by atoms with van der Waals surface area (Å²) >= 11 is 6.01. The Kier molecular flexibility index (Phi) is 2.99. The Balaban J connectivity index is 2.06. The summed E-state index contributed by atoms with van der Waals surface area (Å²) in [6.45, 7) is 2.75. The van der Waals surface area contributed by atoms with Crippen molar-refractivity contribution in [1.82, 2.24) is 4.98 Å². The third kappa shape index (κ3) is 2.10. The second-order valence-electron chi connectivity index (χ2n) is 4.76. The summed E-state index contributed by atoms with van der Waals surface area (Å²) in [6.07, 6.45) is 3.42. The van der Waals surface area contributed by atoms with E-state index in [0.29, 0.717) is 11.6 Å². The first-order valence-electron chi connectivity index (χ1n) is 6.18. The van der Waals surface area contributed by atoms with E-state index in [0.717, 1.165) is 16.8 Å². The van der Waals surface area contributed by atoms with Gasteiger partial charge in [0, 0.05) is 23.3 Å². The summed E-state index contributed by atoms with van der Waals surface area (Å²) < 4.78 is 0. The first-order valence-corrected chi connectivity index (χ1v) is 6.56. The number of rotatable bonds is 1. The van der Waals surface area contributed by atoms with Crippen molar-refractivity contribution in [3.05, 3.63) is 58.9 Å². The summed E-state index contributed by atoms with van der Waals surface area (Å²) in [5.41, 5.74) is 2.59. The molecule has 1 aliphatic rings. The van der Waals surface area contributed by atoms with Crippen molar-refractivity contribution in [3.8, 4) is 0 Å². The molecular formula is C15H13ClN2O. The molecule has 0 radical (unpaired) electrons. The van der Waals surface area contributed by atoms with Crippen LogP contribution < -0.4 is 4.90 Å². The Morgan fingerprint density at radius 1 is 1.37 bits per heavy atom. The average molecular weight is 273 g/mol. The SMILES string of the molecule is CC1CN(c2cccnc2)C(=O)c2ccc(Cl)cc21. The van der Waals surface area contributed by atoms with Gasteiger partial charge in [-0.25, -0.2) is 0 Å². The van der Waals surface area contributed by atoms with Crippen molar-refractivity contribution in [2.24, 2.45) is 0 Å². The lowest BCUT2D eigenvalue weighted by molar-refractivity contribution is 0.0977. The number of benzene rings is 1. The molecule has 19 heavy (non-hydrogen) atoms. The molecular weight excluding hydrogens is 260 g/mol. The van der Waals surface area contributed by atoms with E-state index in [2.05, 4.69) is 11.9 Å². The van der Waals surface area contributed by atoms with Crippen molar-refractivity contribution in [2.75, 3.05) is 11.4 Å². The van der Waals surface area contributed by atoms with Crippen LogP contribution in [0.5, 0.6) is 0 Å². The maximum atomic E-state index is 12.5. The number of carbonyl (C=O) groups is 1. The second-order valence-corrected chi connectivity index (χ2v) is 5.20. The third-order valence-corrected chi connectivity index (χ3v) is 3.67. The number of aromatic nitrogens is 1. The molecule has 1 aromatic carbocycles. The first kappa shape index (κ1) is 12.2. The lowest BCUT2D eigenvalue weighted by Crippen LogP contribution is -2.39. The van der Waals surface area contributed by atoms with Gasteiger partial charge in [0.2, 0.25) is 0 Å². The molecule has 0 N–H and O–H groups in total. The van der Waals surface area contributed by atoms with Crippen LogP contribution in [0.15, 0.2) is 42.7 Å².